The van der Waals surface area contributed by atoms with Crippen molar-refractivity contribution < 1.29 is 4.42 Å². The molecule has 4 nitrogen and oxygen atoms in total. The number of nitrogens with two attached hydrogens (primary N) is 1. The summed E-state index contributed by atoms with van der Waals surface area (Å²) >= 11 is 0. The van der Waals surface area contributed by atoms with Gasteiger partial charge in [0.1, 0.15) is 0 Å². The summed E-state index contributed by atoms with van der Waals surface area (Å²) in [5, 5.41) is 8.20. The Kier molecular flexibility index (Phi) is 3.79. The van der Waals surface area contributed by atoms with Gasteiger partial charge < -0.3 is 10.2 Å². The predicted octanol–water partition coefficient (Wildman–Crippen LogP) is 3.29. The van der Waals surface area contributed by atoms with Crippen molar-refractivity contribution in [3.63, 3.8) is 0 Å². The number of hydrogen-bond donors (Lipinski definition) is 1. The fourth-order valence-electron chi connectivity index (χ4n) is 2.26. The van der Waals surface area contributed by atoms with Gasteiger partial charge in [-0.3, -0.25) is 0 Å². The second kappa shape index (κ2) is 5.89. The maximum Gasteiger partial charge on any atom is 0.248 e. The van der Waals surface area contributed by atoms with Crippen LogP contribution in [-0.4, -0.2) is 10.2 Å². The smallest absolute Gasteiger partial charge is 0.248 e. The van der Waals surface area contributed by atoms with Gasteiger partial charge in [-0.15, -0.1) is 10.2 Å². The summed E-state index contributed by atoms with van der Waals surface area (Å²) in [7, 11) is 0. The molecule has 2 aromatic carbocycles. The van der Waals surface area contributed by atoms with E-state index in [-0.39, 0.29) is 6.04 Å². The largest absolute Gasteiger partial charge is 0.419 e. The highest BCUT2D eigenvalue weighted by atomic mass is 16.4. The van der Waals surface area contributed by atoms with Crippen LogP contribution in [0.2, 0.25) is 0 Å². The Morgan fingerprint density at radius 1 is 1.00 bits per heavy atom. The molecule has 1 aromatic heterocycles. The molecule has 0 bridgehead atoms. The first-order valence-electron chi connectivity index (χ1n) is 6.93. The first-order chi connectivity index (χ1) is 10.2. The van der Waals surface area contributed by atoms with Crippen LogP contribution in [0.1, 0.15) is 23.1 Å². The molecule has 3 rings (SSSR count). The Hall–Kier alpha value is -2.46. The van der Waals surface area contributed by atoms with Gasteiger partial charge in [-0.05, 0) is 30.5 Å². The van der Waals surface area contributed by atoms with Gasteiger partial charge in [-0.25, -0.2) is 0 Å². The fraction of sp³-hybridized carbons (Fsp3) is 0.176. The molecule has 1 heterocycles. The lowest BCUT2D eigenvalue weighted by Crippen LogP contribution is -2.13. The Balaban J connectivity index is 1.80. The van der Waals surface area contributed by atoms with Gasteiger partial charge in [0.2, 0.25) is 11.8 Å². The maximum atomic E-state index is 6.16. The minimum atomic E-state index is -0.294. The molecule has 0 radical (unpaired) electrons. The van der Waals surface area contributed by atoms with E-state index in [1.54, 1.807) is 0 Å². The van der Waals surface area contributed by atoms with Gasteiger partial charge in [0.15, 0.2) is 0 Å². The summed E-state index contributed by atoms with van der Waals surface area (Å²) in [5.74, 6) is 0.990. The molecule has 0 aliphatic carbocycles. The average molecular weight is 279 g/mol. The standard InChI is InChI=1S/C17H17N3O/c1-12-7-5-6-10-14(12)16-19-20-17(21-16)15(18)11-13-8-3-2-4-9-13/h2-10,15H,11,18H2,1H3. The van der Waals surface area contributed by atoms with Crippen LogP contribution in [-0.2, 0) is 6.42 Å². The van der Waals surface area contributed by atoms with Crippen LogP contribution in [0.4, 0.5) is 0 Å². The first-order valence-corrected chi connectivity index (χ1v) is 6.93. The molecule has 0 aliphatic heterocycles. The normalized spacial score (nSPS) is 12.3. The summed E-state index contributed by atoms with van der Waals surface area (Å²) in [6.45, 7) is 2.02. The van der Waals surface area contributed by atoms with Crippen molar-refractivity contribution in [2.45, 2.75) is 19.4 Å². The molecule has 2 N–H and O–H groups in total. The van der Waals surface area contributed by atoms with Crippen LogP contribution in [0, 0.1) is 6.92 Å². The molecule has 0 saturated heterocycles. The molecule has 106 valence electrons. The van der Waals surface area contributed by atoms with E-state index in [4.69, 9.17) is 10.2 Å². The lowest BCUT2D eigenvalue weighted by molar-refractivity contribution is 0.457. The van der Waals surface area contributed by atoms with Crippen LogP contribution in [0.5, 0.6) is 0 Å². The number of hydrogen-bond acceptors (Lipinski definition) is 4. The van der Waals surface area contributed by atoms with Crippen molar-refractivity contribution in [3.8, 4) is 11.5 Å². The zero-order valence-corrected chi connectivity index (χ0v) is 11.9. The second-order valence-corrected chi connectivity index (χ2v) is 5.06. The van der Waals surface area contributed by atoms with Crippen LogP contribution in [0.25, 0.3) is 11.5 Å². The van der Waals surface area contributed by atoms with Crippen molar-refractivity contribution in [1.82, 2.24) is 10.2 Å². The van der Waals surface area contributed by atoms with Crippen LogP contribution in [0.15, 0.2) is 59.0 Å². The van der Waals surface area contributed by atoms with Crippen molar-refractivity contribution >= 4 is 0 Å². The van der Waals surface area contributed by atoms with Gasteiger partial charge >= 0.3 is 0 Å². The maximum absolute atomic E-state index is 6.16. The van der Waals surface area contributed by atoms with E-state index in [2.05, 4.69) is 10.2 Å². The minimum Gasteiger partial charge on any atom is -0.419 e. The van der Waals surface area contributed by atoms with Crippen LogP contribution >= 0.6 is 0 Å². The number of rotatable bonds is 4. The zero-order chi connectivity index (χ0) is 14.7. The summed E-state index contributed by atoms with van der Waals surface area (Å²) in [5.41, 5.74) is 9.36. The molecule has 0 aliphatic rings. The monoisotopic (exact) mass is 279 g/mol. The molecule has 4 heteroatoms. The van der Waals surface area contributed by atoms with Crippen LogP contribution < -0.4 is 5.73 Å². The fourth-order valence-corrected chi connectivity index (χ4v) is 2.26. The highest BCUT2D eigenvalue weighted by molar-refractivity contribution is 5.57. The van der Waals surface area contributed by atoms with Crippen molar-refractivity contribution in [2.75, 3.05) is 0 Å². The third-order valence-corrected chi connectivity index (χ3v) is 3.43. The van der Waals surface area contributed by atoms with E-state index >= 15 is 0 Å². The number of aryl methyl sites for hydroxylation is 1. The van der Waals surface area contributed by atoms with Crippen molar-refractivity contribution in [3.05, 3.63) is 71.6 Å². The topological polar surface area (TPSA) is 64.9 Å². The molecule has 0 fully saturated rings. The Labute approximate surface area is 123 Å². The summed E-state index contributed by atoms with van der Waals surface area (Å²) in [6.07, 6.45) is 0.677. The van der Waals surface area contributed by atoms with Crippen LogP contribution in [0.3, 0.4) is 0 Å². The highest BCUT2D eigenvalue weighted by Gasteiger charge is 2.16. The van der Waals surface area contributed by atoms with Crippen molar-refractivity contribution in [2.24, 2.45) is 5.73 Å². The molecule has 3 aromatic rings. The quantitative estimate of drug-likeness (QED) is 0.796. The molecule has 1 atom stereocenters. The Morgan fingerprint density at radius 2 is 1.71 bits per heavy atom. The first kappa shape index (κ1) is 13.5. The molecular weight excluding hydrogens is 262 g/mol. The lowest BCUT2D eigenvalue weighted by atomic mass is 10.1. The number of nitrogens with zero attached hydrogens (tertiary/aromatic N) is 2. The van der Waals surface area contributed by atoms with E-state index in [1.807, 2.05) is 61.5 Å². The molecule has 0 amide bonds. The Bertz CT molecular complexity index is 722. The molecule has 1 unspecified atom stereocenters. The zero-order valence-electron chi connectivity index (χ0n) is 11.9. The Morgan fingerprint density at radius 3 is 2.48 bits per heavy atom. The second-order valence-electron chi connectivity index (χ2n) is 5.06. The number of aromatic nitrogens is 2. The van der Waals surface area contributed by atoms with Gasteiger partial charge in [0, 0.05) is 5.56 Å². The summed E-state index contributed by atoms with van der Waals surface area (Å²) in [4.78, 5) is 0. The van der Waals surface area contributed by atoms with E-state index < -0.39 is 0 Å². The van der Waals surface area contributed by atoms with Crippen molar-refractivity contribution in [1.29, 1.82) is 0 Å². The van der Waals surface area contributed by atoms with Gasteiger partial charge in [-0.2, -0.15) is 0 Å². The molecule has 0 saturated carbocycles. The van der Waals surface area contributed by atoms with E-state index in [0.717, 1.165) is 16.7 Å². The van der Waals surface area contributed by atoms with Gasteiger partial charge in [0.25, 0.3) is 0 Å². The predicted molar refractivity (Wildman–Crippen MR) is 81.5 cm³/mol. The lowest BCUT2D eigenvalue weighted by Gasteiger charge is -2.06. The van der Waals surface area contributed by atoms with E-state index in [9.17, 15) is 0 Å². The molecule has 0 spiro atoms. The van der Waals surface area contributed by atoms with E-state index in [1.165, 1.54) is 0 Å². The summed E-state index contributed by atoms with van der Waals surface area (Å²) in [6, 6.07) is 17.7. The number of benzene rings is 2. The third-order valence-electron chi connectivity index (χ3n) is 3.43. The summed E-state index contributed by atoms with van der Waals surface area (Å²) < 4.78 is 5.74. The van der Waals surface area contributed by atoms with Gasteiger partial charge in [0.05, 0.1) is 6.04 Å². The van der Waals surface area contributed by atoms with E-state index in [0.29, 0.717) is 18.2 Å². The third kappa shape index (κ3) is 3.01. The van der Waals surface area contributed by atoms with Gasteiger partial charge in [-0.1, -0.05) is 48.5 Å². The molecular formula is C17H17N3O. The highest BCUT2D eigenvalue weighted by Crippen LogP contribution is 2.24. The average Bonchev–Trinajstić information content (AvgIpc) is 2.98. The minimum absolute atomic E-state index is 0.294. The SMILES string of the molecule is Cc1ccccc1-c1nnc(C(N)Cc2ccccc2)o1. The molecule has 21 heavy (non-hydrogen) atoms.